The number of hydrogen-bond donors (Lipinski definition) is 1. The van der Waals surface area contributed by atoms with E-state index in [-0.39, 0.29) is 5.78 Å². The molecule has 0 spiro atoms. The van der Waals surface area contributed by atoms with Crippen LogP contribution in [0.15, 0.2) is 4.99 Å². The molecule has 0 fully saturated rings. The van der Waals surface area contributed by atoms with Gasteiger partial charge in [-0.15, -0.1) is 0 Å². The second-order valence-corrected chi connectivity index (χ2v) is 3.29. The lowest BCUT2D eigenvalue weighted by atomic mass is 10.2. The molecule has 0 atom stereocenters. The number of hydrogen-bond acceptors (Lipinski definition) is 2. The molecule has 0 rings (SSSR count). The van der Waals surface area contributed by atoms with Gasteiger partial charge in [0.2, 0.25) is 0 Å². The quantitative estimate of drug-likeness (QED) is 0.500. The highest BCUT2D eigenvalue weighted by molar-refractivity contribution is 5.99. The van der Waals surface area contributed by atoms with Crippen LogP contribution in [-0.4, -0.2) is 18.2 Å². The standard InChI is InChI=1S/C9H18N2O/c1-4-8(12)5-9(10)11-6-7(2)3/h7H,4-6H2,1-3H3,(H2,10,11). The largest absolute Gasteiger partial charge is 0.387 e. The van der Waals surface area contributed by atoms with Crippen molar-refractivity contribution in [3.05, 3.63) is 0 Å². The zero-order valence-electron chi connectivity index (χ0n) is 8.13. The number of amidine groups is 1. The van der Waals surface area contributed by atoms with E-state index in [1.807, 2.05) is 6.92 Å². The monoisotopic (exact) mass is 170 g/mol. The molecule has 0 radical (unpaired) electrons. The Labute approximate surface area is 74.1 Å². The predicted octanol–water partition coefficient (Wildman–Crippen LogP) is 1.37. The van der Waals surface area contributed by atoms with Crippen LogP contribution in [0.1, 0.15) is 33.6 Å². The summed E-state index contributed by atoms with van der Waals surface area (Å²) in [7, 11) is 0. The maximum absolute atomic E-state index is 10.9. The summed E-state index contributed by atoms with van der Waals surface area (Å²) in [6.45, 7) is 6.68. The van der Waals surface area contributed by atoms with E-state index >= 15 is 0 Å². The normalized spacial score (nSPS) is 12.2. The van der Waals surface area contributed by atoms with Gasteiger partial charge in [0.1, 0.15) is 11.6 Å². The van der Waals surface area contributed by atoms with Crippen molar-refractivity contribution in [2.45, 2.75) is 33.6 Å². The molecule has 0 aliphatic heterocycles. The molecular weight excluding hydrogens is 152 g/mol. The zero-order chi connectivity index (χ0) is 9.56. The third-order valence-electron chi connectivity index (χ3n) is 1.43. The van der Waals surface area contributed by atoms with Crippen molar-refractivity contribution in [3.63, 3.8) is 0 Å². The van der Waals surface area contributed by atoms with E-state index in [9.17, 15) is 4.79 Å². The Bertz CT molecular complexity index is 173. The number of aliphatic imine (C=N–C) groups is 1. The van der Waals surface area contributed by atoms with Gasteiger partial charge in [-0.05, 0) is 5.92 Å². The highest BCUT2D eigenvalue weighted by atomic mass is 16.1. The lowest BCUT2D eigenvalue weighted by Crippen LogP contribution is -2.17. The highest BCUT2D eigenvalue weighted by Gasteiger charge is 2.01. The van der Waals surface area contributed by atoms with Crippen LogP contribution in [0.5, 0.6) is 0 Å². The summed E-state index contributed by atoms with van der Waals surface area (Å²) in [5, 5.41) is 0. The second-order valence-electron chi connectivity index (χ2n) is 3.29. The van der Waals surface area contributed by atoms with Crippen LogP contribution in [0.3, 0.4) is 0 Å². The molecule has 0 saturated carbocycles. The minimum atomic E-state index is 0.153. The molecule has 0 aromatic carbocycles. The topological polar surface area (TPSA) is 55.5 Å². The van der Waals surface area contributed by atoms with E-state index in [4.69, 9.17) is 5.73 Å². The van der Waals surface area contributed by atoms with Crippen molar-refractivity contribution in [2.24, 2.45) is 16.6 Å². The summed E-state index contributed by atoms with van der Waals surface area (Å²) < 4.78 is 0. The fourth-order valence-electron chi connectivity index (χ4n) is 0.683. The third-order valence-corrected chi connectivity index (χ3v) is 1.43. The Morgan fingerprint density at radius 3 is 2.50 bits per heavy atom. The molecule has 3 heteroatoms. The molecule has 2 N–H and O–H groups in total. The van der Waals surface area contributed by atoms with Crippen LogP contribution in [0.4, 0.5) is 0 Å². The van der Waals surface area contributed by atoms with Crippen LogP contribution in [-0.2, 0) is 4.79 Å². The van der Waals surface area contributed by atoms with Crippen LogP contribution >= 0.6 is 0 Å². The smallest absolute Gasteiger partial charge is 0.140 e. The van der Waals surface area contributed by atoms with Gasteiger partial charge in [-0.25, -0.2) is 0 Å². The van der Waals surface area contributed by atoms with Crippen molar-refractivity contribution in [2.75, 3.05) is 6.54 Å². The molecule has 70 valence electrons. The molecule has 12 heavy (non-hydrogen) atoms. The number of Topliss-reactive ketones (excluding diaryl/α,β-unsaturated/α-hetero) is 1. The summed E-state index contributed by atoms with van der Waals surface area (Å²) in [5.74, 6) is 1.12. The van der Waals surface area contributed by atoms with Gasteiger partial charge in [0.05, 0.1) is 6.42 Å². The summed E-state index contributed by atoms with van der Waals surface area (Å²) in [4.78, 5) is 15.0. The van der Waals surface area contributed by atoms with Crippen molar-refractivity contribution in [3.8, 4) is 0 Å². The highest BCUT2D eigenvalue weighted by Crippen LogP contribution is 1.94. The molecule has 0 aromatic rings. The first-order valence-corrected chi connectivity index (χ1v) is 4.36. The second kappa shape index (κ2) is 5.75. The Morgan fingerprint density at radius 1 is 1.50 bits per heavy atom. The van der Waals surface area contributed by atoms with Gasteiger partial charge < -0.3 is 5.73 Å². The number of ketones is 1. The maximum Gasteiger partial charge on any atom is 0.140 e. The number of carbonyl (C=O) groups excluding carboxylic acids is 1. The van der Waals surface area contributed by atoms with Gasteiger partial charge in [0.25, 0.3) is 0 Å². The predicted molar refractivity (Wildman–Crippen MR) is 51.2 cm³/mol. The molecule has 0 unspecified atom stereocenters. The maximum atomic E-state index is 10.9. The Kier molecular flexibility index (Phi) is 5.34. The van der Waals surface area contributed by atoms with E-state index < -0.39 is 0 Å². The van der Waals surface area contributed by atoms with E-state index in [0.29, 0.717) is 31.1 Å². The first kappa shape index (κ1) is 11.1. The minimum Gasteiger partial charge on any atom is -0.387 e. The van der Waals surface area contributed by atoms with E-state index in [1.54, 1.807) is 0 Å². The summed E-state index contributed by atoms with van der Waals surface area (Å²) in [5.41, 5.74) is 5.53. The molecule has 0 saturated heterocycles. The molecule has 0 aliphatic carbocycles. The van der Waals surface area contributed by atoms with Gasteiger partial charge in [-0.1, -0.05) is 20.8 Å². The summed E-state index contributed by atoms with van der Waals surface area (Å²) in [6, 6.07) is 0. The molecule has 0 aliphatic rings. The minimum absolute atomic E-state index is 0.153. The number of nitrogens with zero attached hydrogens (tertiary/aromatic N) is 1. The first-order chi connectivity index (χ1) is 5.56. The average Bonchev–Trinajstić information content (AvgIpc) is 2.00. The summed E-state index contributed by atoms with van der Waals surface area (Å²) >= 11 is 0. The van der Waals surface area contributed by atoms with Crippen LogP contribution in [0.2, 0.25) is 0 Å². The van der Waals surface area contributed by atoms with Gasteiger partial charge in [-0.3, -0.25) is 9.79 Å². The number of rotatable bonds is 5. The third kappa shape index (κ3) is 5.89. The van der Waals surface area contributed by atoms with E-state index in [1.165, 1.54) is 0 Å². The number of nitrogens with two attached hydrogens (primary N) is 1. The van der Waals surface area contributed by atoms with Crippen molar-refractivity contribution < 1.29 is 4.79 Å². The molecule has 0 amide bonds. The average molecular weight is 170 g/mol. The Morgan fingerprint density at radius 2 is 2.08 bits per heavy atom. The van der Waals surface area contributed by atoms with E-state index in [2.05, 4.69) is 18.8 Å². The van der Waals surface area contributed by atoms with Gasteiger partial charge in [0, 0.05) is 13.0 Å². The molecule has 0 heterocycles. The van der Waals surface area contributed by atoms with E-state index in [0.717, 1.165) is 0 Å². The van der Waals surface area contributed by atoms with Crippen molar-refractivity contribution in [1.82, 2.24) is 0 Å². The van der Waals surface area contributed by atoms with Crippen LogP contribution in [0, 0.1) is 5.92 Å². The van der Waals surface area contributed by atoms with Crippen LogP contribution in [0.25, 0.3) is 0 Å². The molecule has 0 aromatic heterocycles. The van der Waals surface area contributed by atoms with Crippen LogP contribution < -0.4 is 5.73 Å². The van der Waals surface area contributed by atoms with Crippen molar-refractivity contribution in [1.29, 1.82) is 0 Å². The zero-order valence-corrected chi connectivity index (χ0v) is 8.13. The fourth-order valence-corrected chi connectivity index (χ4v) is 0.683. The van der Waals surface area contributed by atoms with Crippen molar-refractivity contribution >= 4 is 11.6 Å². The molecule has 3 nitrogen and oxygen atoms in total. The summed E-state index contributed by atoms with van der Waals surface area (Å²) in [6.07, 6.45) is 0.848. The fraction of sp³-hybridized carbons (Fsp3) is 0.778. The molecule has 0 bridgehead atoms. The first-order valence-electron chi connectivity index (χ1n) is 4.36. The number of carbonyl (C=O) groups is 1. The van der Waals surface area contributed by atoms with Gasteiger partial charge >= 0.3 is 0 Å². The Hall–Kier alpha value is -0.860. The van der Waals surface area contributed by atoms with Gasteiger partial charge in [0.15, 0.2) is 0 Å². The Balaban J connectivity index is 3.77. The van der Waals surface area contributed by atoms with Gasteiger partial charge in [-0.2, -0.15) is 0 Å². The lowest BCUT2D eigenvalue weighted by Gasteiger charge is -2.01. The SMILES string of the molecule is CCC(=O)CC(N)=NCC(C)C. The lowest BCUT2D eigenvalue weighted by molar-refractivity contribution is -0.117. The molecular formula is C9H18N2O.